The Hall–Kier alpha value is -4.43. The van der Waals surface area contributed by atoms with E-state index in [9.17, 15) is 18.0 Å². The second-order valence-electron chi connectivity index (χ2n) is 11.9. The third-order valence-corrected chi connectivity index (χ3v) is 10.2. The van der Waals surface area contributed by atoms with Crippen molar-refractivity contribution in [3.63, 3.8) is 0 Å². The molecule has 4 aromatic rings. The van der Waals surface area contributed by atoms with Crippen molar-refractivity contribution in [2.75, 3.05) is 17.4 Å². The van der Waals surface area contributed by atoms with Crippen LogP contribution in [-0.4, -0.2) is 44.3 Å². The second-order valence-corrected chi connectivity index (χ2v) is 13.8. The molecular formula is C38H45N3O4S. The van der Waals surface area contributed by atoms with Crippen LogP contribution in [0.25, 0.3) is 0 Å². The van der Waals surface area contributed by atoms with Crippen LogP contribution >= 0.6 is 0 Å². The number of amides is 2. The SMILES string of the molecule is CCCCNC(=O)[C@@H](Cc1ccccc1)N(Cc1ccccc1C)C(=O)CN(c1ccc(C)c(C)c1)S(=O)(=O)c1ccc(C)cc1. The van der Waals surface area contributed by atoms with Crippen molar-refractivity contribution in [1.82, 2.24) is 10.2 Å². The Balaban J connectivity index is 1.81. The Bertz CT molecular complexity index is 1740. The average Bonchev–Trinajstić information content (AvgIpc) is 3.04. The number of anilines is 1. The molecule has 4 rings (SSSR count). The monoisotopic (exact) mass is 639 g/mol. The molecule has 0 heterocycles. The summed E-state index contributed by atoms with van der Waals surface area (Å²) in [4.78, 5) is 30.2. The minimum absolute atomic E-state index is 0.0905. The lowest BCUT2D eigenvalue weighted by Gasteiger charge is -2.34. The van der Waals surface area contributed by atoms with Crippen molar-refractivity contribution in [3.05, 3.63) is 130 Å². The largest absolute Gasteiger partial charge is 0.354 e. The summed E-state index contributed by atoms with van der Waals surface area (Å²) in [6.45, 7) is 9.95. The predicted octanol–water partition coefficient (Wildman–Crippen LogP) is 6.67. The molecule has 0 radical (unpaired) electrons. The molecule has 0 fully saturated rings. The minimum Gasteiger partial charge on any atom is -0.354 e. The topological polar surface area (TPSA) is 86.8 Å². The van der Waals surface area contributed by atoms with E-state index in [1.165, 1.54) is 4.31 Å². The van der Waals surface area contributed by atoms with E-state index >= 15 is 0 Å². The summed E-state index contributed by atoms with van der Waals surface area (Å²) in [5.74, 6) is -0.734. The highest BCUT2D eigenvalue weighted by molar-refractivity contribution is 7.92. The molecule has 0 aliphatic carbocycles. The van der Waals surface area contributed by atoms with Crippen molar-refractivity contribution >= 4 is 27.5 Å². The number of sulfonamides is 1. The Morgan fingerprint density at radius 1 is 0.783 bits per heavy atom. The van der Waals surface area contributed by atoms with Gasteiger partial charge in [-0.15, -0.1) is 0 Å². The smallest absolute Gasteiger partial charge is 0.264 e. The van der Waals surface area contributed by atoms with Crippen molar-refractivity contribution in [3.8, 4) is 0 Å². The van der Waals surface area contributed by atoms with E-state index < -0.39 is 28.5 Å². The maximum absolute atomic E-state index is 14.6. The Morgan fingerprint density at radius 3 is 2.11 bits per heavy atom. The normalized spacial score (nSPS) is 11.9. The summed E-state index contributed by atoms with van der Waals surface area (Å²) in [5, 5.41) is 3.04. The van der Waals surface area contributed by atoms with E-state index in [0.717, 1.165) is 46.2 Å². The number of unbranched alkanes of at least 4 members (excludes halogenated alkanes) is 1. The number of nitrogens with zero attached hydrogens (tertiary/aromatic N) is 2. The fourth-order valence-corrected chi connectivity index (χ4v) is 6.68. The molecule has 8 heteroatoms. The first-order chi connectivity index (χ1) is 22.0. The predicted molar refractivity (Wildman–Crippen MR) is 185 cm³/mol. The zero-order valence-electron chi connectivity index (χ0n) is 27.5. The Morgan fingerprint density at radius 2 is 1.46 bits per heavy atom. The third kappa shape index (κ3) is 8.63. The van der Waals surface area contributed by atoms with Crippen LogP contribution in [-0.2, 0) is 32.6 Å². The third-order valence-electron chi connectivity index (χ3n) is 8.37. The molecule has 0 bridgehead atoms. The van der Waals surface area contributed by atoms with Crippen molar-refractivity contribution in [2.45, 2.75) is 71.4 Å². The highest BCUT2D eigenvalue weighted by Crippen LogP contribution is 2.27. The van der Waals surface area contributed by atoms with E-state index in [-0.39, 0.29) is 23.8 Å². The number of hydrogen-bond donors (Lipinski definition) is 1. The molecule has 0 aliphatic heterocycles. The van der Waals surface area contributed by atoms with Gasteiger partial charge in [0, 0.05) is 19.5 Å². The van der Waals surface area contributed by atoms with Crippen molar-refractivity contribution in [1.29, 1.82) is 0 Å². The molecule has 0 spiro atoms. The highest BCUT2D eigenvalue weighted by Gasteiger charge is 2.34. The first kappa shape index (κ1) is 34.4. The highest BCUT2D eigenvalue weighted by atomic mass is 32.2. The van der Waals surface area contributed by atoms with Gasteiger partial charge in [-0.05, 0) is 86.2 Å². The number of carbonyl (C=O) groups is 2. The summed E-state index contributed by atoms with van der Waals surface area (Å²) in [6, 6.07) is 28.5. The lowest BCUT2D eigenvalue weighted by Crippen LogP contribution is -2.53. The van der Waals surface area contributed by atoms with E-state index in [0.29, 0.717) is 12.2 Å². The van der Waals surface area contributed by atoms with E-state index in [1.54, 1.807) is 41.3 Å². The van der Waals surface area contributed by atoms with Gasteiger partial charge in [0.1, 0.15) is 12.6 Å². The molecule has 4 aromatic carbocycles. The van der Waals surface area contributed by atoms with Gasteiger partial charge in [-0.2, -0.15) is 0 Å². The Labute approximate surface area is 274 Å². The van der Waals surface area contributed by atoms with Gasteiger partial charge in [-0.1, -0.05) is 91.7 Å². The van der Waals surface area contributed by atoms with Gasteiger partial charge < -0.3 is 10.2 Å². The second kappa shape index (κ2) is 15.7. The van der Waals surface area contributed by atoms with Crippen LogP contribution in [0.15, 0.2) is 102 Å². The zero-order chi connectivity index (χ0) is 33.3. The van der Waals surface area contributed by atoms with Crippen LogP contribution in [0.4, 0.5) is 5.69 Å². The van der Waals surface area contributed by atoms with Gasteiger partial charge in [-0.3, -0.25) is 13.9 Å². The van der Waals surface area contributed by atoms with Gasteiger partial charge in [0.25, 0.3) is 10.0 Å². The molecule has 2 amide bonds. The Kier molecular flexibility index (Phi) is 11.8. The molecule has 0 saturated heterocycles. The van der Waals surface area contributed by atoms with Crippen LogP contribution < -0.4 is 9.62 Å². The van der Waals surface area contributed by atoms with Crippen LogP contribution in [0, 0.1) is 27.7 Å². The summed E-state index contributed by atoms with van der Waals surface area (Å²) in [7, 11) is -4.15. The van der Waals surface area contributed by atoms with Crippen LogP contribution in [0.1, 0.15) is 53.1 Å². The number of rotatable bonds is 14. The fourth-order valence-electron chi connectivity index (χ4n) is 5.28. The van der Waals surface area contributed by atoms with Gasteiger partial charge in [0.15, 0.2) is 0 Å². The molecule has 0 unspecified atom stereocenters. The first-order valence-corrected chi connectivity index (χ1v) is 17.3. The molecule has 0 aromatic heterocycles. The molecule has 242 valence electrons. The molecular weight excluding hydrogens is 595 g/mol. The van der Waals surface area contributed by atoms with Gasteiger partial charge >= 0.3 is 0 Å². The lowest BCUT2D eigenvalue weighted by molar-refractivity contribution is -0.140. The van der Waals surface area contributed by atoms with Gasteiger partial charge in [0.05, 0.1) is 10.6 Å². The van der Waals surface area contributed by atoms with Crippen LogP contribution in [0.5, 0.6) is 0 Å². The molecule has 0 aliphatic rings. The number of aryl methyl sites for hydroxylation is 4. The van der Waals surface area contributed by atoms with E-state index in [4.69, 9.17) is 0 Å². The van der Waals surface area contributed by atoms with Gasteiger partial charge in [0.2, 0.25) is 11.8 Å². The standard InChI is InChI=1S/C38H45N3O4S/c1-6-7-23-39-38(43)36(25-32-14-9-8-10-15-32)40(26-33-16-12-11-13-30(33)4)37(42)27-41(34-20-19-29(3)31(5)24-34)46(44,45)35-21-17-28(2)18-22-35/h8-22,24,36H,6-7,23,25-27H2,1-5H3,(H,39,43)/t36-/m1/s1. The zero-order valence-corrected chi connectivity index (χ0v) is 28.3. The molecule has 1 atom stereocenters. The number of carbonyl (C=O) groups excluding carboxylic acids is 2. The number of nitrogens with one attached hydrogen (secondary N) is 1. The summed E-state index contributed by atoms with van der Waals surface area (Å²) >= 11 is 0. The van der Waals surface area contributed by atoms with Crippen LogP contribution in [0.2, 0.25) is 0 Å². The number of benzene rings is 4. The maximum Gasteiger partial charge on any atom is 0.264 e. The fraction of sp³-hybridized carbons (Fsp3) is 0.316. The molecule has 0 saturated carbocycles. The van der Waals surface area contributed by atoms with Crippen LogP contribution in [0.3, 0.4) is 0 Å². The van der Waals surface area contributed by atoms with Crippen molar-refractivity contribution in [2.24, 2.45) is 0 Å². The summed E-state index contributed by atoms with van der Waals surface area (Å²) in [6.07, 6.45) is 2.01. The quantitative estimate of drug-likeness (QED) is 0.156. The molecule has 7 nitrogen and oxygen atoms in total. The molecule has 46 heavy (non-hydrogen) atoms. The van der Waals surface area contributed by atoms with E-state index in [1.807, 2.05) is 88.4 Å². The summed E-state index contributed by atoms with van der Waals surface area (Å²) < 4.78 is 29.7. The van der Waals surface area contributed by atoms with Gasteiger partial charge in [-0.25, -0.2) is 8.42 Å². The minimum atomic E-state index is -4.15. The van der Waals surface area contributed by atoms with Crippen molar-refractivity contribution < 1.29 is 18.0 Å². The molecule has 1 N–H and O–H groups in total. The first-order valence-electron chi connectivity index (χ1n) is 15.8. The number of hydrogen-bond acceptors (Lipinski definition) is 4. The summed E-state index contributed by atoms with van der Waals surface area (Å²) in [5.41, 5.74) is 5.99. The maximum atomic E-state index is 14.6. The average molecular weight is 640 g/mol. The van der Waals surface area contributed by atoms with E-state index in [2.05, 4.69) is 12.2 Å². The lowest BCUT2D eigenvalue weighted by atomic mass is 10.0.